The van der Waals surface area contributed by atoms with E-state index >= 15 is 0 Å². The van der Waals surface area contributed by atoms with Crippen LogP contribution in [0.3, 0.4) is 0 Å². The SMILES string of the molecule is CCC[C@H](NC(=O)NOS(=O)(=O)O)C(=O)NOC1CC2CNCC2C1. The molecule has 3 amide bonds. The second kappa shape index (κ2) is 8.76. The molecule has 25 heavy (non-hydrogen) atoms. The lowest BCUT2D eigenvalue weighted by atomic mass is 10.0. The molecule has 3 atom stereocenters. The first-order valence-electron chi connectivity index (χ1n) is 8.17. The van der Waals surface area contributed by atoms with Gasteiger partial charge in [0.25, 0.3) is 5.91 Å². The van der Waals surface area contributed by atoms with E-state index in [-0.39, 0.29) is 6.10 Å². The summed E-state index contributed by atoms with van der Waals surface area (Å²) in [6.07, 6.45) is 2.59. The van der Waals surface area contributed by atoms with E-state index in [1.165, 1.54) is 5.48 Å². The van der Waals surface area contributed by atoms with Crippen LogP contribution in [0.2, 0.25) is 0 Å². The van der Waals surface area contributed by atoms with Gasteiger partial charge in [-0.25, -0.2) is 10.3 Å². The van der Waals surface area contributed by atoms with Crippen molar-refractivity contribution in [1.29, 1.82) is 0 Å². The van der Waals surface area contributed by atoms with Crippen LogP contribution in [0.15, 0.2) is 0 Å². The van der Waals surface area contributed by atoms with E-state index in [1.54, 1.807) is 0 Å². The molecule has 2 fully saturated rings. The second-order valence-corrected chi connectivity index (χ2v) is 7.31. The predicted octanol–water partition coefficient (Wildman–Crippen LogP) is -0.765. The van der Waals surface area contributed by atoms with Crippen LogP contribution >= 0.6 is 0 Å². The molecule has 1 saturated heterocycles. The van der Waals surface area contributed by atoms with Gasteiger partial charge < -0.3 is 10.6 Å². The standard InChI is InChI=1S/C13H24N4O7S/c1-2-3-11(15-13(19)17-24-25(20,21)22)12(18)16-23-10-4-8-6-14-7-9(8)5-10/h8-11,14H,2-7H2,1H3,(H,16,18)(H2,15,17,19)(H,20,21,22)/t8?,9?,10?,11-/m0/s1. The van der Waals surface area contributed by atoms with E-state index in [0.29, 0.717) is 24.7 Å². The van der Waals surface area contributed by atoms with E-state index in [1.807, 2.05) is 6.92 Å². The summed E-state index contributed by atoms with van der Waals surface area (Å²) in [5.74, 6) is 0.587. The summed E-state index contributed by atoms with van der Waals surface area (Å²) in [7, 11) is -4.82. The fourth-order valence-corrected chi connectivity index (χ4v) is 3.44. The van der Waals surface area contributed by atoms with Crippen molar-refractivity contribution in [1.82, 2.24) is 21.6 Å². The first-order valence-corrected chi connectivity index (χ1v) is 9.53. The summed E-state index contributed by atoms with van der Waals surface area (Å²) >= 11 is 0. The smallest absolute Gasteiger partial charge is 0.324 e. The maximum Gasteiger partial charge on any atom is 0.418 e. The topological polar surface area (TPSA) is 155 Å². The average Bonchev–Trinajstić information content (AvgIpc) is 3.10. The lowest BCUT2D eigenvalue weighted by Gasteiger charge is -2.19. The number of hydroxylamine groups is 2. The van der Waals surface area contributed by atoms with Crippen LogP contribution in [0.4, 0.5) is 4.79 Å². The van der Waals surface area contributed by atoms with Crippen molar-refractivity contribution >= 4 is 22.3 Å². The summed E-state index contributed by atoms with van der Waals surface area (Å²) in [4.78, 5) is 29.2. The van der Waals surface area contributed by atoms with E-state index in [2.05, 4.69) is 20.4 Å². The van der Waals surface area contributed by atoms with Gasteiger partial charge in [0.1, 0.15) is 6.04 Å². The van der Waals surface area contributed by atoms with Crippen molar-refractivity contribution in [3.8, 4) is 0 Å². The average molecular weight is 380 g/mol. The number of nitrogens with one attached hydrogen (secondary N) is 4. The number of rotatable bonds is 8. The van der Waals surface area contributed by atoms with Gasteiger partial charge in [0, 0.05) is 0 Å². The third-order valence-corrected chi connectivity index (χ3v) is 4.67. The molecule has 12 heteroatoms. The number of urea groups is 1. The molecule has 2 rings (SSSR count). The van der Waals surface area contributed by atoms with Crippen LogP contribution in [0.25, 0.3) is 0 Å². The molecule has 144 valence electrons. The van der Waals surface area contributed by atoms with Gasteiger partial charge in [-0.05, 0) is 44.2 Å². The van der Waals surface area contributed by atoms with Crippen LogP contribution in [-0.2, 0) is 24.3 Å². The Morgan fingerprint density at radius 2 is 1.88 bits per heavy atom. The molecule has 11 nitrogen and oxygen atoms in total. The molecule has 1 heterocycles. The normalized spacial score (nSPS) is 26.7. The largest absolute Gasteiger partial charge is 0.418 e. The minimum absolute atomic E-state index is 0.0555. The van der Waals surface area contributed by atoms with Gasteiger partial charge in [-0.1, -0.05) is 13.3 Å². The molecule has 0 spiro atoms. The van der Waals surface area contributed by atoms with Crippen LogP contribution in [-0.4, -0.2) is 50.1 Å². The van der Waals surface area contributed by atoms with Crippen molar-refractivity contribution in [2.45, 2.75) is 44.8 Å². The highest BCUT2D eigenvalue weighted by atomic mass is 32.3. The summed E-state index contributed by atoms with van der Waals surface area (Å²) < 4.78 is 32.9. The molecular weight excluding hydrogens is 356 g/mol. The molecule has 2 aliphatic rings. The summed E-state index contributed by atoms with van der Waals surface area (Å²) in [5, 5.41) is 5.57. The first-order chi connectivity index (χ1) is 11.8. The minimum atomic E-state index is -4.82. The molecule has 0 aromatic heterocycles. The third-order valence-electron chi connectivity index (χ3n) is 4.38. The van der Waals surface area contributed by atoms with E-state index < -0.39 is 28.4 Å². The fourth-order valence-electron chi connectivity index (χ4n) is 3.26. The van der Waals surface area contributed by atoms with Crippen LogP contribution in [0.1, 0.15) is 32.6 Å². The molecular formula is C13H24N4O7S. The highest BCUT2D eigenvalue weighted by molar-refractivity contribution is 7.80. The monoisotopic (exact) mass is 380 g/mol. The lowest BCUT2D eigenvalue weighted by molar-refractivity contribution is -0.140. The van der Waals surface area contributed by atoms with Gasteiger partial charge >= 0.3 is 16.4 Å². The Balaban J connectivity index is 1.76. The number of carbonyl (C=O) groups is 2. The van der Waals surface area contributed by atoms with Gasteiger partial charge in [0.15, 0.2) is 0 Å². The lowest BCUT2D eigenvalue weighted by Crippen LogP contribution is -2.50. The van der Waals surface area contributed by atoms with Gasteiger partial charge in [-0.2, -0.15) is 13.9 Å². The molecule has 0 aromatic carbocycles. The zero-order valence-corrected chi connectivity index (χ0v) is 14.7. The number of fused-ring (bicyclic) bond motifs is 1. The predicted molar refractivity (Wildman–Crippen MR) is 85.1 cm³/mol. The van der Waals surface area contributed by atoms with Crippen LogP contribution < -0.4 is 21.6 Å². The molecule has 0 aromatic rings. The molecule has 1 saturated carbocycles. The van der Waals surface area contributed by atoms with E-state index in [4.69, 9.17) is 9.39 Å². The molecule has 1 aliphatic carbocycles. The zero-order chi connectivity index (χ0) is 18.4. The Morgan fingerprint density at radius 1 is 1.24 bits per heavy atom. The Bertz CT molecular complexity index is 573. The second-order valence-electron chi connectivity index (χ2n) is 6.28. The zero-order valence-electron chi connectivity index (χ0n) is 13.9. The fraction of sp³-hybridized carbons (Fsp3) is 0.846. The van der Waals surface area contributed by atoms with Crippen molar-refractivity contribution < 1.29 is 31.7 Å². The molecule has 1 aliphatic heterocycles. The Labute approximate surface area is 146 Å². The number of hydrogen-bond donors (Lipinski definition) is 5. The molecule has 0 radical (unpaired) electrons. The van der Waals surface area contributed by atoms with Gasteiger partial charge in [-0.15, -0.1) is 4.28 Å². The van der Waals surface area contributed by atoms with E-state index in [9.17, 15) is 18.0 Å². The van der Waals surface area contributed by atoms with Crippen molar-refractivity contribution in [2.24, 2.45) is 11.8 Å². The van der Waals surface area contributed by atoms with Gasteiger partial charge in [0.05, 0.1) is 6.10 Å². The molecule has 0 bridgehead atoms. The Kier molecular flexibility index (Phi) is 6.95. The third kappa shape index (κ3) is 6.40. The summed E-state index contributed by atoms with van der Waals surface area (Å²) in [6.45, 7) is 3.75. The van der Waals surface area contributed by atoms with Gasteiger partial charge in [-0.3, -0.25) is 14.2 Å². The van der Waals surface area contributed by atoms with Crippen molar-refractivity contribution in [3.05, 3.63) is 0 Å². The highest BCUT2D eigenvalue weighted by Gasteiger charge is 2.38. The first kappa shape index (κ1) is 19.8. The van der Waals surface area contributed by atoms with Crippen LogP contribution in [0, 0.1) is 11.8 Å². The maximum absolute atomic E-state index is 12.2. The summed E-state index contributed by atoms with van der Waals surface area (Å²) in [5.41, 5.74) is 3.84. The van der Waals surface area contributed by atoms with Crippen molar-refractivity contribution in [2.75, 3.05) is 13.1 Å². The van der Waals surface area contributed by atoms with E-state index in [0.717, 1.165) is 25.9 Å². The molecule has 5 N–H and O–H groups in total. The number of amides is 3. The summed E-state index contributed by atoms with van der Waals surface area (Å²) in [6, 6.07) is -2.01. The number of carbonyl (C=O) groups excluding carboxylic acids is 2. The van der Waals surface area contributed by atoms with Gasteiger partial charge in [0.2, 0.25) is 0 Å². The molecule has 2 unspecified atom stereocenters. The van der Waals surface area contributed by atoms with Crippen LogP contribution in [0.5, 0.6) is 0 Å². The van der Waals surface area contributed by atoms with Crippen molar-refractivity contribution in [3.63, 3.8) is 0 Å². The quantitative estimate of drug-likeness (QED) is 0.272. The highest BCUT2D eigenvalue weighted by Crippen LogP contribution is 2.35. The maximum atomic E-state index is 12.2. The Morgan fingerprint density at radius 3 is 2.44 bits per heavy atom. The number of hydrogen-bond acceptors (Lipinski definition) is 7. The minimum Gasteiger partial charge on any atom is -0.324 e. The Hall–Kier alpha value is -1.47.